The molecule has 1 aromatic carbocycles. The standard InChI is InChI=1S/C16H18Cl2N2O/c1-19-14(7-11-3-6-16(21-2)20-10-11)8-12-4-5-13(17)9-15(12)18/h3-6,9-10,14,19H,7-8H2,1-2H3. The van der Waals surface area contributed by atoms with Gasteiger partial charge in [-0.05, 0) is 43.1 Å². The number of hydrogen-bond acceptors (Lipinski definition) is 3. The highest BCUT2D eigenvalue weighted by atomic mass is 35.5. The fraction of sp³-hybridized carbons (Fsp3) is 0.312. The Balaban J connectivity index is 2.05. The summed E-state index contributed by atoms with van der Waals surface area (Å²) in [6, 6.07) is 9.79. The molecule has 0 aliphatic carbocycles. The van der Waals surface area contributed by atoms with Gasteiger partial charge >= 0.3 is 0 Å². The largest absolute Gasteiger partial charge is 0.481 e. The van der Waals surface area contributed by atoms with Crippen LogP contribution in [0, 0.1) is 0 Å². The smallest absolute Gasteiger partial charge is 0.212 e. The number of hydrogen-bond donors (Lipinski definition) is 1. The number of benzene rings is 1. The molecule has 1 heterocycles. The van der Waals surface area contributed by atoms with Crippen LogP contribution in [-0.2, 0) is 12.8 Å². The minimum Gasteiger partial charge on any atom is -0.481 e. The van der Waals surface area contributed by atoms with Crippen molar-refractivity contribution in [3.8, 4) is 5.88 Å². The van der Waals surface area contributed by atoms with Crippen molar-refractivity contribution in [2.45, 2.75) is 18.9 Å². The third kappa shape index (κ3) is 4.60. The van der Waals surface area contributed by atoms with Crippen LogP contribution < -0.4 is 10.1 Å². The van der Waals surface area contributed by atoms with Crippen LogP contribution in [0.15, 0.2) is 36.5 Å². The molecule has 0 aliphatic heterocycles. The summed E-state index contributed by atoms with van der Waals surface area (Å²) >= 11 is 12.2. The van der Waals surface area contributed by atoms with E-state index in [1.165, 1.54) is 0 Å². The molecule has 3 nitrogen and oxygen atoms in total. The quantitative estimate of drug-likeness (QED) is 0.878. The van der Waals surface area contributed by atoms with Gasteiger partial charge in [0.15, 0.2) is 0 Å². The van der Waals surface area contributed by atoms with Gasteiger partial charge in [0.25, 0.3) is 0 Å². The van der Waals surface area contributed by atoms with Crippen LogP contribution in [0.25, 0.3) is 0 Å². The molecule has 0 bridgehead atoms. The second-order valence-electron chi connectivity index (χ2n) is 4.84. The Morgan fingerprint density at radius 2 is 2.00 bits per heavy atom. The number of methoxy groups -OCH3 is 1. The fourth-order valence-electron chi connectivity index (χ4n) is 2.17. The van der Waals surface area contributed by atoms with Gasteiger partial charge in [-0.1, -0.05) is 35.3 Å². The summed E-state index contributed by atoms with van der Waals surface area (Å²) in [6.07, 6.45) is 3.54. The van der Waals surface area contributed by atoms with Crippen LogP contribution in [0.2, 0.25) is 10.0 Å². The molecular formula is C16H18Cl2N2O. The van der Waals surface area contributed by atoms with Crippen LogP contribution in [0.4, 0.5) is 0 Å². The zero-order valence-corrected chi connectivity index (χ0v) is 13.6. The van der Waals surface area contributed by atoms with E-state index in [9.17, 15) is 0 Å². The maximum absolute atomic E-state index is 6.23. The number of ether oxygens (including phenoxy) is 1. The highest BCUT2D eigenvalue weighted by Gasteiger charge is 2.11. The van der Waals surface area contributed by atoms with Crippen molar-refractivity contribution in [2.24, 2.45) is 0 Å². The Morgan fingerprint density at radius 3 is 2.57 bits per heavy atom. The monoisotopic (exact) mass is 324 g/mol. The van der Waals surface area contributed by atoms with Crippen molar-refractivity contribution in [2.75, 3.05) is 14.2 Å². The third-order valence-corrected chi connectivity index (χ3v) is 3.97. The molecule has 112 valence electrons. The first kappa shape index (κ1) is 16.1. The number of nitrogens with zero attached hydrogens (tertiary/aromatic N) is 1. The molecule has 21 heavy (non-hydrogen) atoms. The third-order valence-electron chi connectivity index (χ3n) is 3.38. The second kappa shape index (κ2) is 7.64. The lowest BCUT2D eigenvalue weighted by Crippen LogP contribution is -2.30. The van der Waals surface area contributed by atoms with Gasteiger partial charge in [0, 0.05) is 28.4 Å². The van der Waals surface area contributed by atoms with Gasteiger partial charge in [0.2, 0.25) is 5.88 Å². The van der Waals surface area contributed by atoms with Gasteiger partial charge in [-0.3, -0.25) is 0 Å². The number of halogens is 2. The minimum absolute atomic E-state index is 0.277. The van der Waals surface area contributed by atoms with Crippen molar-refractivity contribution in [1.82, 2.24) is 10.3 Å². The first-order valence-electron chi connectivity index (χ1n) is 6.72. The van der Waals surface area contributed by atoms with E-state index in [2.05, 4.69) is 10.3 Å². The summed E-state index contributed by atoms with van der Waals surface area (Å²) < 4.78 is 5.07. The number of aromatic nitrogens is 1. The SMILES string of the molecule is CNC(Cc1ccc(OC)nc1)Cc1ccc(Cl)cc1Cl. The predicted molar refractivity (Wildman–Crippen MR) is 87.5 cm³/mol. The molecule has 0 fully saturated rings. The van der Waals surface area contributed by atoms with E-state index >= 15 is 0 Å². The summed E-state index contributed by atoms with van der Waals surface area (Å²) in [5.74, 6) is 0.625. The molecule has 2 rings (SSSR count). The molecule has 0 saturated heterocycles. The minimum atomic E-state index is 0.277. The topological polar surface area (TPSA) is 34.1 Å². The van der Waals surface area contributed by atoms with Crippen molar-refractivity contribution in [1.29, 1.82) is 0 Å². The summed E-state index contributed by atoms with van der Waals surface area (Å²) in [4.78, 5) is 4.23. The first-order chi connectivity index (χ1) is 10.1. The average molecular weight is 325 g/mol. The lowest BCUT2D eigenvalue weighted by Gasteiger charge is -2.17. The summed E-state index contributed by atoms with van der Waals surface area (Å²) in [5, 5.41) is 4.68. The van der Waals surface area contributed by atoms with E-state index in [1.807, 2.05) is 37.5 Å². The molecule has 0 radical (unpaired) electrons. The molecule has 0 amide bonds. The van der Waals surface area contributed by atoms with E-state index in [4.69, 9.17) is 27.9 Å². The Labute approximate surface area is 135 Å². The van der Waals surface area contributed by atoms with Gasteiger partial charge in [-0.15, -0.1) is 0 Å². The van der Waals surface area contributed by atoms with Crippen LogP contribution in [0.3, 0.4) is 0 Å². The first-order valence-corrected chi connectivity index (χ1v) is 7.48. The number of nitrogens with one attached hydrogen (secondary N) is 1. The lowest BCUT2D eigenvalue weighted by atomic mass is 10.00. The Bertz CT molecular complexity index is 587. The highest BCUT2D eigenvalue weighted by Crippen LogP contribution is 2.22. The van der Waals surface area contributed by atoms with Crippen LogP contribution >= 0.6 is 23.2 Å². The molecule has 1 aromatic heterocycles. The molecule has 0 aliphatic rings. The van der Waals surface area contributed by atoms with Crippen LogP contribution in [0.1, 0.15) is 11.1 Å². The van der Waals surface area contributed by atoms with Crippen molar-refractivity contribution >= 4 is 23.2 Å². The van der Waals surface area contributed by atoms with Crippen molar-refractivity contribution < 1.29 is 4.74 Å². The maximum atomic E-state index is 6.23. The Kier molecular flexibility index (Phi) is 5.85. The van der Waals surface area contributed by atoms with Gasteiger partial charge in [0.05, 0.1) is 7.11 Å². The maximum Gasteiger partial charge on any atom is 0.212 e. The molecule has 1 N–H and O–H groups in total. The van der Waals surface area contributed by atoms with E-state index < -0.39 is 0 Å². The molecule has 0 saturated carbocycles. The van der Waals surface area contributed by atoms with Gasteiger partial charge in [-0.2, -0.15) is 0 Å². The van der Waals surface area contributed by atoms with E-state index in [1.54, 1.807) is 13.2 Å². The zero-order chi connectivity index (χ0) is 15.2. The van der Waals surface area contributed by atoms with Crippen molar-refractivity contribution in [3.05, 3.63) is 57.7 Å². The zero-order valence-electron chi connectivity index (χ0n) is 12.1. The molecule has 2 aromatic rings. The molecular weight excluding hydrogens is 307 g/mol. The highest BCUT2D eigenvalue weighted by molar-refractivity contribution is 6.35. The summed E-state index contributed by atoms with van der Waals surface area (Å²) in [6.45, 7) is 0. The van der Waals surface area contributed by atoms with E-state index in [0.29, 0.717) is 15.9 Å². The molecule has 1 atom stereocenters. The molecule has 0 spiro atoms. The fourth-order valence-corrected chi connectivity index (χ4v) is 2.65. The number of pyridine rings is 1. The molecule has 5 heteroatoms. The summed E-state index contributed by atoms with van der Waals surface area (Å²) in [7, 11) is 3.56. The summed E-state index contributed by atoms with van der Waals surface area (Å²) in [5.41, 5.74) is 2.24. The normalized spacial score (nSPS) is 12.2. The molecule has 1 unspecified atom stereocenters. The van der Waals surface area contributed by atoms with Gasteiger partial charge in [0.1, 0.15) is 0 Å². The number of likely N-dealkylation sites (N-methyl/N-ethyl adjacent to an activating group) is 1. The van der Waals surface area contributed by atoms with E-state index in [-0.39, 0.29) is 6.04 Å². The lowest BCUT2D eigenvalue weighted by molar-refractivity contribution is 0.397. The van der Waals surface area contributed by atoms with Gasteiger partial charge in [-0.25, -0.2) is 4.98 Å². The Hall–Kier alpha value is -1.29. The second-order valence-corrected chi connectivity index (χ2v) is 5.68. The number of rotatable bonds is 6. The Morgan fingerprint density at radius 1 is 1.19 bits per heavy atom. The van der Waals surface area contributed by atoms with Crippen LogP contribution in [0.5, 0.6) is 5.88 Å². The van der Waals surface area contributed by atoms with Crippen molar-refractivity contribution in [3.63, 3.8) is 0 Å². The van der Waals surface area contributed by atoms with Crippen LogP contribution in [-0.4, -0.2) is 25.2 Å². The van der Waals surface area contributed by atoms with E-state index in [0.717, 1.165) is 24.0 Å². The predicted octanol–water partition coefficient (Wildman–Crippen LogP) is 3.77. The van der Waals surface area contributed by atoms with Gasteiger partial charge < -0.3 is 10.1 Å². The average Bonchev–Trinajstić information content (AvgIpc) is 2.49.